The zero-order chi connectivity index (χ0) is 24.7. The molecule has 3 rings (SSSR count). The number of amides is 1. The van der Waals surface area contributed by atoms with Gasteiger partial charge in [0.1, 0.15) is 11.4 Å². The molecule has 0 spiro atoms. The second-order valence-electron chi connectivity index (χ2n) is 7.23. The van der Waals surface area contributed by atoms with Crippen LogP contribution in [0.15, 0.2) is 59.1 Å². The van der Waals surface area contributed by atoms with Gasteiger partial charge in [-0.05, 0) is 12.5 Å². The summed E-state index contributed by atoms with van der Waals surface area (Å²) in [6, 6.07) is 13.9. The number of carbonyl (C=O) groups is 2. The van der Waals surface area contributed by atoms with E-state index in [2.05, 4.69) is 10.5 Å². The average molecular weight is 494 g/mol. The van der Waals surface area contributed by atoms with Crippen molar-refractivity contribution in [3.05, 3.63) is 71.4 Å². The number of nitrogens with one attached hydrogen (secondary N) is 1. The molecule has 2 aromatic carbocycles. The van der Waals surface area contributed by atoms with E-state index in [0.717, 1.165) is 5.56 Å². The van der Waals surface area contributed by atoms with Crippen molar-refractivity contribution in [2.45, 2.75) is 31.4 Å². The lowest BCUT2D eigenvalue weighted by molar-refractivity contribution is -0.205. The van der Waals surface area contributed by atoms with Gasteiger partial charge in [0.2, 0.25) is 6.10 Å². The standard InChI is InChI=1S/C23H21F3N2O5S/c1-14-19(27-22(31)32-21(23(24,25)26)17-5-3-2-4-6-17)20(33-28-14)16-9-7-15(8-10-16)13-34-12-11-18(29)30/h2-10,21H,11-13H2,1H3,(H,27,31)(H,29,30). The third-order valence-corrected chi connectivity index (χ3v) is 5.69. The van der Waals surface area contributed by atoms with E-state index in [1.165, 1.54) is 43.0 Å². The van der Waals surface area contributed by atoms with Gasteiger partial charge in [-0.15, -0.1) is 0 Å². The summed E-state index contributed by atoms with van der Waals surface area (Å²) in [5, 5.41) is 14.8. The molecule has 1 heterocycles. The maximum Gasteiger partial charge on any atom is 0.429 e. The Balaban J connectivity index is 1.70. The Labute approximate surface area is 197 Å². The highest BCUT2D eigenvalue weighted by Crippen LogP contribution is 2.37. The van der Waals surface area contributed by atoms with Gasteiger partial charge in [0.15, 0.2) is 5.76 Å². The van der Waals surface area contributed by atoms with Crippen LogP contribution >= 0.6 is 11.8 Å². The second kappa shape index (κ2) is 11.1. The van der Waals surface area contributed by atoms with Gasteiger partial charge < -0.3 is 14.4 Å². The van der Waals surface area contributed by atoms with Crippen LogP contribution in [0.2, 0.25) is 0 Å². The number of aryl methyl sites for hydroxylation is 1. The predicted molar refractivity (Wildman–Crippen MR) is 120 cm³/mol. The number of anilines is 1. The molecule has 0 aliphatic heterocycles. The SMILES string of the molecule is Cc1noc(-c2ccc(CSCCC(=O)O)cc2)c1NC(=O)OC(c1ccccc1)C(F)(F)F. The second-order valence-corrected chi connectivity index (χ2v) is 8.33. The molecule has 1 aromatic heterocycles. The molecule has 0 aliphatic rings. The Morgan fingerprint density at radius 1 is 1.15 bits per heavy atom. The first-order chi connectivity index (χ1) is 16.1. The first-order valence-electron chi connectivity index (χ1n) is 10.1. The molecule has 11 heteroatoms. The molecule has 3 aromatic rings. The Morgan fingerprint density at radius 2 is 1.82 bits per heavy atom. The first kappa shape index (κ1) is 25.2. The van der Waals surface area contributed by atoms with Gasteiger partial charge in [-0.3, -0.25) is 10.1 Å². The minimum Gasteiger partial charge on any atom is -0.481 e. The fourth-order valence-corrected chi connectivity index (χ4v) is 3.90. The third kappa shape index (κ3) is 6.77. The molecule has 0 bridgehead atoms. The highest BCUT2D eigenvalue weighted by Gasteiger charge is 2.44. The summed E-state index contributed by atoms with van der Waals surface area (Å²) < 4.78 is 50.5. The average Bonchev–Trinajstić information content (AvgIpc) is 3.15. The predicted octanol–water partition coefficient (Wildman–Crippen LogP) is 6.21. The number of aromatic nitrogens is 1. The van der Waals surface area contributed by atoms with E-state index in [0.29, 0.717) is 17.1 Å². The summed E-state index contributed by atoms with van der Waals surface area (Å²) in [4.78, 5) is 23.0. The number of halogens is 3. The van der Waals surface area contributed by atoms with E-state index in [1.54, 1.807) is 30.3 Å². The molecule has 0 aliphatic carbocycles. The Bertz CT molecular complexity index is 1120. The van der Waals surface area contributed by atoms with E-state index in [1.807, 2.05) is 0 Å². The molecule has 0 radical (unpaired) electrons. The fourth-order valence-electron chi connectivity index (χ4n) is 3.01. The molecule has 0 saturated carbocycles. The summed E-state index contributed by atoms with van der Waals surface area (Å²) in [6.45, 7) is 1.54. The monoisotopic (exact) mass is 494 g/mol. The van der Waals surface area contributed by atoms with Gasteiger partial charge in [0.05, 0.1) is 6.42 Å². The number of ether oxygens (including phenoxy) is 1. The number of rotatable bonds is 9. The lowest BCUT2D eigenvalue weighted by atomic mass is 10.1. The Morgan fingerprint density at radius 3 is 2.44 bits per heavy atom. The first-order valence-corrected chi connectivity index (χ1v) is 11.2. The minimum atomic E-state index is -4.80. The number of hydrogen-bond donors (Lipinski definition) is 2. The smallest absolute Gasteiger partial charge is 0.429 e. The molecule has 0 fully saturated rings. The molecule has 180 valence electrons. The van der Waals surface area contributed by atoms with Crippen molar-refractivity contribution in [1.29, 1.82) is 0 Å². The summed E-state index contributed by atoms with van der Waals surface area (Å²) >= 11 is 1.48. The van der Waals surface area contributed by atoms with Crippen LogP contribution in [0.3, 0.4) is 0 Å². The van der Waals surface area contributed by atoms with E-state index >= 15 is 0 Å². The van der Waals surface area contributed by atoms with Crippen molar-refractivity contribution in [2.75, 3.05) is 11.1 Å². The molecule has 34 heavy (non-hydrogen) atoms. The Hall–Kier alpha value is -3.47. The van der Waals surface area contributed by atoms with Crippen LogP contribution in [0.5, 0.6) is 0 Å². The van der Waals surface area contributed by atoms with Crippen molar-refractivity contribution in [1.82, 2.24) is 5.16 Å². The van der Waals surface area contributed by atoms with Crippen molar-refractivity contribution in [3.63, 3.8) is 0 Å². The molecule has 1 atom stereocenters. The van der Waals surface area contributed by atoms with Crippen LogP contribution in [0.1, 0.15) is 29.3 Å². The molecular formula is C23H21F3N2O5S. The van der Waals surface area contributed by atoms with Crippen molar-refractivity contribution < 1.29 is 37.1 Å². The number of aliphatic carboxylic acids is 1. The quantitative estimate of drug-likeness (QED) is 0.341. The fraction of sp³-hybridized carbons (Fsp3) is 0.261. The molecule has 1 unspecified atom stereocenters. The third-order valence-electron chi connectivity index (χ3n) is 4.66. The minimum absolute atomic E-state index is 0.0741. The summed E-state index contributed by atoms with van der Waals surface area (Å²) in [7, 11) is 0. The van der Waals surface area contributed by atoms with Crippen LogP contribution in [0.4, 0.5) is 23.7 Å². The number of alkyl halides is 3. The summed E-state index contributed by atoms with van der Waals surface area (Å²) in [5.74, 6) is 0.407. The van der Waals surface area contributed by atoms with E-state index < -0.39 is 24.3 Å². The van der Waals surface area contributed by atoms with Crippen molar-refractivity contribution in [3.8, 4) is 11.3 Å². The number of carboxylic acid groups (broad SMARTS) is 1. The van der Waals surface area contributed by atoms with Gasteiger partial charge >= 0.3 is 18.2 Å². The summed E-state index contributed by atoms with van der Waals surface area (Å²) in [5.41, 5.74) is 1.65. The van der Waals surface area contributed by atoms with Gasteiger partial charge in [0.25, 0.3) is 0 Å². The number of benzene rings is 2. The number of hydrogen-bond acceptors (Lipinski definition) is 6. The number of nitrogens with zero attached hydrogens (tertiary/aromatic N) is 1. The number of thioether (sulfide) groups is 1. The molecule has 0 saturated heterocycles. The zero-order valence-electron chi connectivity index (χ0n) is 18.0. The Kier molecular flexibility index (Phi) is 8.21. The van der Waals surface area contributed by atoms with Crippen LogP contribution in [-0.4, -0.2) is 34.3 Å². The zero-order valence-corrected chi connectivity index (χ0v) is 18.8. The van der Waals surface area contributed by atoms with Gasteiger partial charge in [-0.1, -0.05) is 59.8 Å². The maximum atomic E-state index is 13.5. The molecule has 7 nitrogen and oxygen atoms in total. The topological polar surface area (TPSA) is 102 Å². The summed E-state index contributed by atoms with van der Waals surface area (Å²) in [6.07, 6.45) is -8.46. The highest BCUT2D eigenvalue weighted by atomic mass is 32.2. The van der Waals surface area contributed by atoms with Gasteiger partial charge in [0, 0.05) is 22.6 Å². The van der Waals surface area contributed by atoms with Crippen LogP contribution in [0.25, 0.3) is 11.3 Å². The van der Waals surface area contributed by atoms with Gasteiger partial charge in [-0.25, -0.2) is 4.79 Å². The molecular weight excluding hydrogens is 473 g/mol. The van der Waals surface area contributed by atoms with Crippen LogP contribution in [-0.2, 0) is 15.3 Å². The lowest BCUT2D eigenvalue weighted by Crippen LogP contribution is -2.28. The number of carbonyl (C=O) groups excluding carboxylic acids is 1. The maximum absolute atomic E-state index is 13.5. The van der Waals surface area contributed by atoms with Crippen LogP contribution in [0, 0.1) is 6.92 Å². The van der Waals surface area contributed by atoms with Crippen LogP contribution < -0.4 is 5.32 Å². The van der Waals surface area contributed by atoms with Crippen molar-refractivity contribution in [2.24, 2.45) is 0 Å². The van der Waals surface area contributed by atoms with Crippen molar-refractivity contribution >= 4 is 29.5 Å². The lowest BCUT2D eigenvalue weighted by Gasteiger charge is -2.21. The highest BCUT2D eigenvalue weighted by molar-refractivity contribution is 7.98. The number of carboxylic acids is 1. The molecule has 1 amide bonds. The largest absolute Gasteiger partial charge is 0.481 e. The molecule has 2 N–H and O–H groups in total. The van der Waals surface area contributed by atoms with Gasteiger partial charge in [-0.2, -0.15) is 24.9 Å². The van der Waals surface area contributed by atoms with E-state index in [-0.39, 0.29) is 29.1 Å². The van der Waals surface area contributed by atoms with E-state index in [9.17, 15) is 22.8 Å². The van der Waals surface area contributed by atoms with E-state index in [4.69, 9.17) is 14.4 Å². The normalized spacial score (nSPS) is 12.2.